The first-order chi connectivity index (χ1) is 14.2. The Morgan fingerprint density at radius 2 is 1.93 bits per heavy atom. The molecule has 2 aliphatic heterocycles. The molecule has 6 rings (SSSR count). The molecule has 2 fully saturated rings. The third-order valence-corrected chi connectivity index (χ3v) is 8.06. The molecular weight excluding hydrogens is 398 g/mol. The molecule has 2 aliphatic carbocycles. The lowest BCUT2D eigenvalue weighted by Gasteiger charge is -2.59. The number of phenolic OH excluding ortho intramolecular Hbond substituents is 1. The summed E-state index contributed by atoms with van der Waals surface area (Å²) in [6.45, 7) is 2.61. The van der Waals surface area contributed by atoms with E-state index in [1.807, 2.05) is 12.1 Å². The molecule has 0 aromatic heterocycles. The van der Waals surface area contributed by atoms with Gasteiger partial charge in [0.15, 0.2) is 11.5 Å². The summed E-state index contributed by atoms with van der Waals surface area (Å²) in [5.74, 6) is 2.92. The minimum atomic E-state index is 0. The topological polar surface area (TPSA) is 41.9 Å². The van der Waals surface area contributed by atoms with Gasteiger partial charge in [-0.05, 0) is 85.5 Å². The summed E-state index contributed by atoms with van der Waals surface area (Å²) >= 11 is 0. The van der Waals surface area contributed by atoms with E-state index >= 15 is 0 Å². The van der Waals surface area contributed by atoms with Crippen molar-refractivity contribution in [2.75, 3.05) is 19.9 Å². The van der Waals surface area contributed by atoms with Crippen LogP contribution in [0.1, 0.15) is 48.8 Å². The Balaban J connectivity index is 0.00000193. The van der Waals surface area contributed by atoms with E-state index in [2.05, 4.69) is 29.2 Å². The molecule has 5 heteroatoms. The van der Waals surface area contributed by atoms with Crippen LogP contribution in [-0.4, -0.2) is 35.9 Å². The van der Waals surface area contributed by atoms with E-state index in [9.17, 15) is 5.11 Å². The Morgan fingerprint density at radius 1 is 1.03 bits per heavy atom. The van der Waals surface area contributed by atoms with E-state index in [-0.39, 0.29) is 12.4 Å². The Bertz CT molecular complexity index is 948. The predicted octanol–water partition coefficient (Wildman–Crippen LogP) is 4.84. The second kappa shape index (κ2) is 7.65. The van der Waals surface area contributed by atoms with Gasteiger partial charge >= 0.3 is 0 Å². The fourth-order valence-corrected chi connectivity index (χ4v) is 6.72. The van der Waals surface area contributed by atoms with Crippen LogP contribution in [0, 0.1) is 5.92 Å². The molecule has 0 unspecified atom stereocenters. The van der Waals surface area contributed by atoms with Gasteiger partial charge in [-0.2, -0.15) is 0 Å². The van der Waals surface area contributed by atoms with Gasteiger partial charge in [0.05, 0.1) is 0 Å². The van der Waals surface area contributed by atoms with E-state index in [1.54, 1.807) is 0 Å². The van der Waals surface area contributed by atoms with E-state index in [4.69, 9.17) is 9.47 Å². The summed E-state index contributed by atoms with van der Waals surface area (Å²) in [5, 5.41) is 10.2. The smallest absolute Gasteiger partial charge is 0.231 e. The second-order valence-corrected chi connectivity index (χ2v) is 9.34. The summed E-state index contributed by atoms with van der Waals surface area (Å²) in [7, 11) is 0. The first-order valence-corrected chi connectivity index (χ1v) is 11.2. The lowest BCUT2D eigenvalue weighted by atomic mass is 9.52. The third kappa shape index (κ3) is 3.07. The predicted molar refractivity (Wildman–Crippen MR) is 119 cm³/mol. The highest BCUT2D eigenvalue weighted by atomic mass is 35.5. The number of hydrogen-bond donors (Lipinski definition) is 1. The lowest BCUT2D eigenvalue weighted by Crippen LogP contribution is -2.61. The van der Waals surface area contributed by atoms with Crippen LogP contribution in [0.5, 0.6) is 17.2 Å². The van der Waals surface area contributed by atoms with Gasteiger partial charge < -0.3 is 14.6 Å². The molecule has 3 atom stereocenters. The van der Waals surface area contributed by atoms with Crippen LogP contribution in [-0.2, 0) is 18.3 Å². The first kappa shape index (κ1) is 20.0. The second-order valence-electron chi connectivity index (χ2n) is 9.34. The molecule has 2 aromatic carbocycles. The monoisotopic (exact) mass is 427 g/mol. The molecule has 30 heavy (non-hydrogen) atoms. The summed E-state index contributed by atoms with van der Waals surface area (Å²) in [6, 6.07) is 13.2. The fraction of sp³-hybridized carbons (Fsp3) is 0.520. The maximum absolute atomic E-state index is 10.2. The molecule has 2 aromatic rings. The van der Waals surface area contributed by atoms with Crippen molar-refractivity contribution in [2.24, 2.45) is 5.92 Å². The zero-order valence-corrected chi connectivity index (χ0v) is 18.1. The molecule has 0 radical (unpaired) electrons. The molecule has 2 heterocycles. The highest BCUT2D eigenvalue weighted by Gasteiger charge is 2.53. The third-order valence-electron chi connectivity index (χ3n) is 8.06. The molecular formula is C25H30ClNO3. The molecule has 1 saturated carbocycles. The Morgan fingerprint density at radius 3 is 2.87 bits per heavy atom. The Labute approximate surface area is 184 Å². The van der Waals surface area contributed by atoms with Gasteiger partial charge in [0.25, 0.3) is 0 Å². The van der Waals surface area contributed by atoms with Crippen LogP contribution >= 0.6 is 12.4 Å². The van der Waals surface area contributed by atoms with Crippen molar-refractivity contribution < 1.29 is 14.6 Å². The number of phenols is 1. The van der Waals surface area contributed by atoms with Gasteiger partial charge in [-0.25, -0.2) is 0 Å². The maximum atomic E-state index is 10.2. The summed E-state index contributed by atoms with van der Waals surface area (Å²) < 4.78 is 11.0. The van der Waals surface area contributed by atoms with Crippen molar-refractivity contribution in [3.05, 3.63) is 53.1 Å². The SMILES string of the molecule is Cl.Oc1ccc2c(c1)[C@]13CCCC[C@@H]1[C@@H](C2)N(CCc1ccc2c(c1)OCO2)CC3. The number of hydrogen-bond acceptors (Lipinski definition) is 4. The normalized spacial score (nSPS) is 28.9. The van der Waals surface area contributed by atoms with Gasteiger partial charge in [-0.3, -0.25) is 4.90 Å². The van der Waals surface area contributed by atoms with E-state index in [0.29, 0.717) is 24.0 Å². The minimum Gasteiger partial charge on any atom is -0.508 e. The molecule has 0 amide bonds. The zero-order chi connectivity index (χ0) is 19.4. The Hall–Kier alpha value is -1.91. The largest absolute Gasteiger partial charge is 0.508 e. The molecule has 1 N–H and O–H groups in total. The molecule has 4 aliphatic rings. The van der Waals surface area contributed by atoms with Gasteiger partial charge in [0.1, 0.15) is 5.75 Å². The highest BCUT2D eigenvalue weighted by Crippen LogP contribution is 2.56. The number of nitrogens with zero attached hydrogens (tertiary/aromatic N) is 1. The summed E-state index contributed by atoms with van der Waals surface area (Å²) in [5.41, 5.74) is 4.56. The number of ether oxygens (including phenoxy) is 2. The van der Waals surface area contributed by atoms with Crippen molar-refractivity contribution in [1.29, 1.82) is 0 Å². The quantitative estimate of drug-likeness (QED) is 0.760. The number of rotatable bonds is 3. The minimum absolute atomic E-state index is 0. The van der Waals surface area contributed by atoms with Gasteiger partial charge in [0.2, 0.25) is 6.79 Å². The number of fused-ring (bicyclic) bond motifs is 2. The lowest BCUT2D eigenvalue weighted by molar-refractivity contribution is -0.0106. The zero-order valence-electron chi connectivity index (χ0n) is 17.3. The van der Waals surface area contributed by atoms with Crippen LogP contribution in [0.4, 0.5) is 0 Å². The van der Waals surface area contributed by atoms with E-state index < -0.39 is 0 Å². The van der Waals surface area contributed by atoms with E-state index in [1.165, 1.54) is 55.3 Å². The molecule has 0 spiro atoms. The number of aromatic hydroxyl groups is 1. The molecule has 2 bridgehead atoms. The number of halogens is 1. The van der Waals surface area contributed by atoms with Crippen molar-refractivity contribution in [1.82, 2.24) is 4.90 Å². The number of piperidine rings is 1. The van der Waals surface area contributed by atoms with Crippen LogP contribution in [0.15, 0.2) is 36.4 Å². The van der Waals surface area contributed by atoms with Crippen LogP contribution in [0.25, 0.3) is 0 Å². The van der Waals surface area contributed by atoms with Crippen molar-refractivity contribution in [2.45, 2.75) is 56.4 Å². The standard InChI is InChI=1S/C25H29NO3.ClH/c27-19-6-5-18-14-22-20-3-1-2-9-25(20,21(18)15-19)10-12-26(22)11-8-17-4-7-23-24(13-17)29-16-28-23;/h4-7,13,15,20,22,27H,1-3,8-12,14,16H2;1H/t20-,22-,25+;/m1./s1. The molecule has 160 valence electrons. The van der Waals surface area contributed by atoms with Crippen molar-refractivity contribution >= 4 is 12.4 Å². The van der Waals surface area contributed by atoms with Crippen molar-refractivity contribution in [3.8, 4) is 17.2 Å². The average Bonchev–Trinajstić information content (AvgIpc) is 3.21. The maximum Gasteiger partial charge on any atom is 0.231 e. The number of likely N-dealkylation sites (tertiary alicyclic amines) is 1. The van der Waals surface area contributed by atoms with Gasteiger partial charge in [-0.15, -0.1) is 12.4 Å². The van der Waals surface area contributed by atoms with Crippen molar-refractivity contribution in [3.63, 3.8) is 0 Å². The van der Waals surface area contributed by atoms with Gasteiger partial charge in [0, 0.05) is 18.0 Å². The van der Waals surface area contributed by atoms with Crippen LogP contribution in [0.2, 0.25) is 0 Å². The summed E-state index contributed by atoms with van der Waals surface area (Å²) in [4.78, 5) is 2.76. The molecule has 4 nitrogen and oxygen atoms in total. The van der Waals surface area contributed by atoms with E-state index in [0.717, 1.165) is 36.8 Å². The fourth-order valence-electron chi connectivity index (χ4n) is 6.72. The highest BCUT2D eigenvalue weighted by molar-refractivity contribution is 5.85. The average molecular weight is 428 g/mol. The van der Waals surface area contributed by atoms with Crippen LogP contribution in [0.3, 0.4) is 0 Å². The first-order valence-electron chi connectivity index (χ1n) is 11.2. The molecule has 1 saturated heterocycles. The van der Waals surface area contributed by atoms with Gasteiger partial charge in [-0.1, -0.05) is 25.0 Å². The van der Waals surface area contributed by atoms with Crippen LogP contribution < -0.4 is 9.47 Å². The number of benzene rings is 2. The Kier molecular flexibility index (Phi) is 5.11. The summed E-state index contributed by atoms with van der Waals surface area (Å²) in [6.07, 6.45) is 8.72.